The van der Waals surface area contributed by atoms with Gasteiger partial charge in [0.1, 0.15) is 6.61 Å². The van der Waals surface area contributed by atoms with Crippen molar-refractivity contribution >= 4 is 18.0 Å². The Hall–Kier alpha value is -3.35. The van der Waals surface area contributed by atoms with E-state index in [1.54, 1.807) is 0 Å². The van der Waals surface area contributed by atoms with Crippen LogP contribution in [0, 0.1) is 11.8 Å². The third-order valence-corrected chi connectivity index (χ3v) is 7.29. The smallest absolute Gasteiger partial charge is 0.407 e. The molecule has 0 saturated heterocycles. The first-order valence-electron chi connectivity index (χ1n) is 12.5. The number of alkyl carbamates (subject to hydrolysis) is 1. The predicted molar refractivity (Wildman–Crippen MR) is 133 cm³/mol. The average molecular weight is 479 g/mol. The van der Waals surface area contributed by atoms with Crippen LogP contribution in [0.3, 0.4) is 0 Å². The number of carbonyl (C=O) groups is 3. The van der Waals surface area contributed by atoms with Gasteiger partial charge in [0.15, 0.2) is 0 Å². The van der Waals surface area contributed by atoms with Gasteiger partial charge in [0.25, 0.3) is 0 Å². The van der Waals surface area contributed by atoms with E-state index in [2.05, 4.69) is 34.9 Å². The highest BCUT2D eigenvalue weighted by atomic mass is 16.5. The SMILES string of the molecule is CC(CCCC(=O)NCC1CCCC1C(=O)O)NC(=O)OCC1c2ccccc2-c2ccccc21. The van der Waals surface area contributed by atoms with Gasteiger partial charge >= 0.3 is 12.1 Å². The summed E-state index contributed by atoms with van der Waals surface area (Å²) in [5.41, 5.74) is 4.73. The van der Waals surface area contributed by atoms with Crippen LogP contribution < -0.4 is 10.6 Å². The Morgan fingerprint density at radius 3 is 2.34 bits per heavy atom. The van der Waals surface area contributed by atoms with E-state index in [1.807, 2.05) is 31.2 Å². The lowest BCUT2D eigenvalue weighted by atomic mass is 9.96. The second-order valence-electron chi connectivity index (χ2n) is 9.70. The Morgan fingerprint density at radius 1 is 1.03 bits per heavy atom. The monoisotopic (exact) mass is 478 g/mol. The minimum atomic E-state index is -0.769. The van der Waals surface area contributed by atoms with Gasteiger partial charge in [-0.15, -0.1) is 0 Å². The van der Waals surface area contributed by atoms with Crippen molar-refractivity contribution in [1.82, 2.24) is 10.6 Å². The first kappa shape index (κ1) is 24.8. The van der Waals surface area contributed by atoms with Crippen molar-refractivity contribution in [2.24, 2.45) is 11.8 Å². The fourth-order valence-electron chi connectivity index (χ4n) is 5.42. The third-order valence-electron chi connectivity index (χ3n) is 7.29. The zero-order valence-corrected chi connectivity index (χ0v) is 20.2. The minimum absolute atomic E-state index is 0.0191. The van der Waals surface area contributed by atoms with E-state index in [9.17, 15) is 19.5 Å². The van der Waals surface area contributed by atoms with Gasteiger partial charge in [-0.05, 0) is 60.8 Å². The number of rotatable bonds is 10. The summed E-state index contributed by atoms with van der Waals surface area (Å²) in [6.07, 6.45) is 3.61. The van der Waals surface area contributed by atoms with Crippen molar-refractivity contribution in [3.05, 3.63) is 59.7 Å². The normalized spacial score (nSPS) is 19.5. The second kappa shape index (κ2) is 11.4. The zero-order valence-electron chi connectivity index (χ0n) is 20.2. The molecular formula is C28H34N2O5. The third kappa shape index (κ3) is 6.02. The van der Waals surface area contributed by atoms with Crippen molar-refractivity contribution in [2.75, 3.05) is 13.2 Å². The summed E-state index contributed by atoms with van der Waals surface area (Å²) >= 11 is 0. The molecule has 2 aromatic rings. The zero-order chi connectivity index (χ0) is 24.8. The van der Waals surface area contributed by atoms with Crippen LogP contribution in [0.1, 0.15) is 62.5 Å². The number of amides is 2. The van der Waals surface area contributed by atoms with E-state index >= 15 is 0 Å². The van der Waals surface area contributed by atoms with E-state index < -0.39 is 12.1 Å². The van der Waals surface area contributed by atoms with Crippen molar-refractivity contribution in [3.63, 3.8) is 0 Å². The number of hydrogen-bond donors (Lipinski definition) is 3. The maximum Gasteiger partial charge on any atom is 0.407 e. The summed E-state index contributed by atoms with van der Waals surface area (Å²) in [7, 11) is 0. The number of fused-ring (bicyclic) bond motifs is 3. The van der Waals surface area contributed by atoms with E-state index in [4.69, 9.17) is 4.74 Å². The number of carbonyl (C=O) groups excluding carboxylic acids is 2. The number of hydrogen-bond acceptors (Lipinski definition) is 4. The van der Waals surface area contributed by atoms with Gasteiger partial charge in [-0.25, -0.2) is 4.79 Å². The highest BCUT2D eigenvalue weighted by Gasteiger charge is 2.33. The molecule has 0 radical (unpaired) electrons. The molecule has 3 N–H and O–H groups in total. The summed E-state index contributed by atoms with van der Waals surface area (Å²) in [6.45, 7) is 2.59. The van der Waals surface area contributed by atoms with Crippen LogP contribution in [0.25, 0.3) is 11.1 Å². The molecular weight excluding hydrogens is 444 g/mol. The van der Waals surface area contributed by atoms with Crippen LogP contribution in [0.2, 0.25) is 0 Å². The average Bonchev–Trinajstić information content (AvgIpc) is 3.44. The van der Waals surface area contributed by atoms with Crippen molar-refractivity contribution in [1.29, 1.82) is 0 Å². The molecule has 186 valence electrons. The first-order chi connectivity index (χ1) is 16.9. The van der Waals surface area contributed by atoms with Crippen LogP contribution in [0.5, 0.6) is 0 Å². The highest BCUT2D eigenvalue weighted by Crippen LogP contribution is 2.44. The number of nitrogens with one attached hydrogen (secondary N) is 2. The molecule has 4 rings (SSSR count). The molecule has 2 aliphatic carbocycles. The van der Waals surface area contributed by atoms with E-state index in [0.717, 1.165) is 12.8 Å². The summed E-state index contributed by atoms with van der Waals surface area (Å²) in [4.78, 5) is 35.8. The van der Waals surface area contributed by atoms with Crippen LogP contribution in [-0.4, -0.2) is 42.3 Å². The maximum atomic E-state index is 12.4. The van der Waals surface area contributed by atoms with Crippen LogP contribution in [-0.2, 0) is 14.3 Å². The number of carboxylic acid groups (broad SMARTS) is 1. The van der Waals surface area contributed by atoms with Gasteiger partial charge in [0.05, 0.1) is 5.92 Å². The number of carboxylic acids is 1. The van der Waals surface area contributed by atoms with Gasteiger partial charge in [0, 0.05) is 24.9 Å². The predicted octanol–water partition coefficient (Wildman–Crippen LogP) is 4.70. The fourth-order valence-corrected chi connectivity index (χ4v) is 5.42. The number of ether oxygens (including phenoxy) is 1. The lowest BCUT2D eigenvalue weighted by Crippen LogP contribution is -2.35. The maximum absolute atomic E-state index is 12.4. The highest BCUT2D eigenvalue weighted by molar-refractivity contribution is 5.79. The van der Waals surface area contributed by atoms with E-state index in [-0.39, 0.29) is 36.3 Å². The molecule has 35 heavy (non-hydrogen) atoms. The largest absolute Gasteiger partial charge is 0.481 e. The molecule has 0 heterocycles. The molecule has 1 fully saturated rings. The summed E-state index contributed by atoms with van der Waals surface area (Å²) < 4.78 is 5.59. The lowest BCUT2D eigenvalue weighted by molar-refractivity contribution is -0.143. The fraction of sp³-hybridized carbons (Fsp3) is 0.464. The molecule has 2 amide bonds. The van der Waals surface area contributed by atoms with Crippen LogP contribution >= 0.6 is 0 Å². The van der Waals surface area contributed by atoms with Crippen molar-refractivity contribution in [2.45, 2.75) is 57.4 Å². The molecule has 2 aliphatic rings. The molecule has 0 aromatic heterocycles. The molecule has 3 unspecified atom stereocenters. The lowest BCUT2D eigenvalue weighted by Gasteiger charge is -2.18. The van der Waals surface area contributed by atoms with E-state index in [0.29, 0.717) is 32.2 Å². The quantitative estimate of drug-likeness (QED) is 0.459. The van der Waals surface area contributed by atoms with Crippen molar-refractivity contribution < 1.29 is 24.2 Å². The summed E-state index contributed by atoms with van der Waals surface area (Å²) in [5.74, 6) is -1.15. The first-order valence-corrected chi connectivity index (χ1v) is 12.5. The molecule has 0 spiro atoms. The molecule has 1 saturated carbocycles. The van der Waals surface area contributed by atoms with Gasteiger partial charge in [-0.3, -0.25) is 9.59 Å². The topological polar surface area (TPSA) is 105 Å². The molecule has 0 bridgehead atoms. The van der Waals surface area contributed by atoms with Gasteiger partial charge in [0.2, 0.25) is 5.91 Å². The Bertz CT molecular complexity index is 1020. The second-order valence-corrected chi connectivity index (χ2v) is 9.70. The summed E-state index contributed by atoms with van der Waals surface area (Å²) in [5, 5.41) is 15.0. The molecule has 7 heteroatoms. The van der Waals surface area contributed by atoms with Crippen LogP contribution in [0.15, 0.2) is 48.5 Å². The Kier molecular flexibility index (Phi) is 8.06. The number of benzene rings is 2. The Labute approximate surface area is 206 Å². The van der Waals surface area contributed by atoms with Gasteiger partial charge in [-0.1, -0.05) is 55.0 Å². The summed E-state index contributed by atoms with van der Waals surface area (Å²) in [6, 6.07) is 16.3. The molecule has 2 aromatic carbocycles. The Morgan fingerprint density at radius 2 is 1.69 bits per heavy atom. The van der Waals surface area contributed by atoms with Gasteiger partial charge in [-0.2, -0.15) is 0 Å². The van der Waals surface area contributed by atoms with Crippen LogP contribution in [0.4, 0.5) is 4.79 Å². The van der Waals surface area contributed by atoms with E-state index in [1.165, 1.54) is 22.3 Å². The van der Waals surface area contributed by atoms with Crippen molar-refractivity contribution in [3.8, 4) is 11.1 Å². The van der Waals surface area contributed by atoms with Gasteiger partial charge < -0.3 is 20.5 Å². The molecule has 0 aliphatic heterocycles. The molecule has 3 atom stereocenters. The standard InChI is InChI=1S/C28H34N2O5/c1-18(8-6-15-26(31)29-16-19-9-7-14-20(19)27(32)33)30-28(34)35-17-25-23-12-4-2-10-21(23)22-11-3-5-13-24(22)25/h2-5,10-13,18-20,25H,6-9,14-17H2,1H3,(H,29,31)(H,30,34)(H,32,33). The molecule has 7 nitrogen and oxygen atoms in total. The Balaban J connectivity index is 1.16. The number of aliphatic carboxylic acids is 1. The minimum Gasteiger partial charge on any atom is -0.481 e.